The molecule has 3 nitrogen and oxygen atoms in total. The molecule has 1 aliphatic rings. The summed E-state index contributed by atoms with van der Waals surface area (Å²) in [4.78, 5) is 11.5. The van der Waals surface area contributed by atoms with Gasteiger partial charge in [-0.3, -0.25) is 4.79 Å². The quantitative estimate of drug-likeness (QED) is 0.839. The van der Waals surface area contributed by atoms with Crippen LogP contribution in [0.15, 0.2) is 24.3 Å². The van der Waals surface area contributed by atoms with Gasteiger partial charge in [0.1, 0.15) is 0 Å². The van der Waals surface area contributed by atoms with Gasteiger partial charge in [0.25, 0.3) is 0 Å². The SMILES string of the molecule is CCC(=O)NC1CCC(NC)c2ccccc21. The third kappa shape index (κ3) is 2.50. The molecule has 1 aliphatic carbocycles. The third-order valence-electron chi connectivity index (χ3n) is 3.50. The van der Waals surface area contributed by atoms with Gasteiger partial charge in [0.05, 0.1) is 6.04 Å². The van der Waals surface area contributed by atoms with Crippen molar-refractivity contribution >= 4 is 5.91 Å². The molecule has 0 saturated carbocycles. The van der Waals surface area contributed by atoms with E-state index >= 15 is 0 Å². The van der Waals surface area contributed by atoms with E-state index in [0.717, 1.165) is 12.8 Å². The molecule has 0 bridgehead atoms. The van der Waals surface area contributed by atoms with Crippen LogP contribution in [0.4, 0.5) is 0 Å². The highest BCUT2D eigenvalue weighted by molar-refractivity contribution is 5.76. The summed E-state index contributed by atoms with van der Waals surface area (Å²) in [7, 11) is 1.99. The minimum atomic E-state index is 0.132. The van der Waals surface area contributed by atoms with Gasteiger partial charge in [-0.25, -0.2) is 0 Å². The Morgan fingerprint density at radius 3 is 2.41 bits per heavy atom. The topological polar surface area (TPSA) is 41.1 Å². The first kappa shape index (κ1) is 12.1. The van der Waals surface area contributed by atoms with Crippen molar-refractivity contribution in [3.63, 3.8) is 0 Å². The van der Waals surface area contributed by atoms with Gasteiger partial charge in [0.15, 0.2) is 0 Å². The number of nitrogens with one attached hydrogen (secondary N) is 2. The number of hydrogen-bond donors (Lipinski definition) is 2. The molecule has 1 aromatic carbocycles. The van der Waals surface area contributed by atoms with Gasteiger partial charge in [-0.15, -0.1) is 0 Å². The number of benzene rings is 1. The van der Waals surface area contributed by atoms with Gasteiger partial charge in [-0.1, -0.05) is 31.2 Å². The highest BCUT2D eigenvalue weighted by Crippen LogP contribution is 2.35. The van der Waals surface area contributed by atoms with Crippen molar-refractivity contribution in [2.24, 2.45) is 0 Å². The number of fused-ring (bicyclic) bond motifs is 1. The van der Waals surface area contributed by atoms with Crippen molar-refractivity contribution in [3.05, 3.63) is 35.4 Å². The van der Waals surface area contributed by atoms with Crippen LogP contribution in [0, 0.1) is 0 Å². The summed E-state index contributed by atoms with van der Waals surface area (Å²) in [5.74, 6) is 0.132. The fourth-order valence-electron chi connectivity index (χ4n) is 2.54. The largest absolute Gasteiger partial charge is 0.349 e. The van der Waals surface area contributed by atoms with Crippen molar-refractivity contribution in [1.82, 2.24) is 10.6 Å². The van der Waals surface area contributed by atoms with Crippen LogP contribution >= 0.6 is 0 Å². The Hall–Kier alpha value is -1.35. The Morgan fingerprint density at radius 2 is 1.82 bits per heavy atom. The van der Waals surface area contributed by atoms with E-state index in [9.17, 15) is 4.79 Å². The summed E-state index contributed by atoms with van der Waals surface area (Å²) in [6.45, 7) is 1.89. The molecule has 2 atom stereocenters. The molecule has 1 amide bonds. The molecule has 2 rings (SSSR count). The minimum absolute atomic E-state index is 0.132. The Morgan fingerprint density at radius 1 is 1.24 bits per heavy atom. The van der Waals surface area contributed by atoms with Crippen LogP contribution in [0.25, 0.3) is 0 Å². The van der Waals surface area contributed by atoms with E-state index in [4.69, 9.17) is 0 Å². The average molecular weight is 232 g/mol. The molecule has 2 unspecified atom stereocenters. The highest BCUT2D eigenvalue weighted by Gasteiger charge is 2.26. The molecule has 0 aromatic heterocycles. The first-order valence-electron chi connectivity index (χ1n) is 6.31. The average Bonchev–Trinajstić information content (AvgIpc) is 2.39. The van der Waals surface area contributed by atoms with Crippen LogP contribution < -0.4 is 10.6 Å². The standard InChI is InChI=1S/C14H20N2O/c1-3-14(17)16-13-9-8-12(15-2)10-6-4-5-7-11(10)13/h4-7,12-13,15H,3,8-9H2,1-2H3,(H,16,17). The van der Waals surface area contributed by atoms with Crippen molar-refractivity contribution in [2.75, 3.05) is 7.05 Å². The first-order valence-corrected chi connectivity index (χ1v) is 6.31. The second kappa shape index (κ2) is 5.32. The first-order chi connectivity index (χ1) is 8.26. The predicted octanol–water partition coefficient (Wildman–Crippen LogP) is 2.31. The number of carbonyl (C=O) groups is 1. The monoisotopic (exact) mass is 232 g/mol. The summed E-state index contributed by atoms with van der Waals surface area (Å²) in [6, 6.07) is 8.99. The molecule has 2 N–H and O–H groups in total. The van der Waals surface area contributed by atoms with Crippen LogP contribution in [0.3, 0.4) is 0 Å². The maximum Gasteiger partial charge on any atom is 0.220 e. The zero-order valence-electron chi connectivity index (χ0n) is 10.5. The second-order valence-electron chi connectivity index (χ2n) is 4.52. The molecule has 17 heavy (non-hydrogen) atoms. The summed E-state index contributed by atoms with van der Waals surface area (Å²) in [6.07, 6.45) is 2.63. The second-order valence-corrected chi connectivity index (χ2v) is 4.52. The molecule has 0 heterocycles. The third-order valence-corrected chi connectivity index (χ3v) is 3.50. The van der Waals surface area contributed by atoms with E-state index in [2.05, 4.69) is 28.8 Å². The molecule has 0 aliphatic heterocycles. The lowest BCUT2D eigenvalue weighted by Crippen LogP contribution is -2.33. The Bertz CT molecular complexity index is 403. The minimum Gasteiger partial charge on any atom is -0.349 e. The number of amides is 1. The normalized spacial score (nSPS) is 22.9. The molecule has 1 aromatic rings. The maximum atomic E-state index is 11.5. The zero-order valence-corrected chi connectivity index (χ0v) is 10.5. The van der Waals surface area contributed by atoms with E-state index in [-0.39, 0.29) is 11.9 Å². The van der Waals surface area contributed by atoms with Crippen LogP contribution in [0.5, 0.6) is 0 Å². The lowest BCUT2D eigenvalue weighted by Gasteiger charge is -2.31. The van der Waals surface area contributed by atoms with Crippen LogP contribution in [-0.4, -0.2) is 13.0 Å². The molecule has 0 radical (unpaired) electrons. The zero-order chi connectivity index (χ0) is 12.3. The molecule has 0 fully saturated rings. The van der Waals surface area contributed by atoms with Crippen molar-refractivity contribution in [1.29, 1.82) is 0 Å². The van der Waals surface area contributed by atoms with Crippen LogP contribution in [0.2, 0.25) is 0 Å². The molecular formula is C14H20N2O. The van der Waals surface area contributed by atoms with Gasteiger partial charge < -0.3 is 10.6 Å². The van der Waals surface area contributed by atoms with Gasteiger partial charge in [-0.2, -0.15) is 0 Å². The van der Waals surface area contributed by atoms with Gasteiger partial charge in [0, 0.05) is 12.5 Å². The molecule has 0 spiro atoms. The Kier molecular flexibility index (Phi) is 3.79. The van der Waals surface area contributed by atoms with Gasteiger partial charge >= 0.3 is 0 Å². The molecule has 92 valence electrons. The van der Waals surface area contributed by atoms with Crippen LogP contribution in [0.1, 0.15) is 49.4 Å². The molecule has 3 heteroatoms. The fourth-order valence-corrected chi connectivity index (χ4v) is 2.54. The fraction of sp³-hybridized carbons (Fsp3) is 0.500. The maximum absolute atomic E-state index is 11.5. The van der Waals surface area contributed by atoms with Gasteiger partial charge in [0.2, 0.25) is 5.91 Å². The number of carbonyl (C=O) groups excluding carboxylic acids is 1. The summed E-state index contributed by atoms with van der Waals surface area (Å²) >= 11 is 0. The smallest absolute Gasteiger partial charge is 0.220 e. The summed E-state index contributed by atoms with van der Waals surface area (Å²) in [5, 5.41) is 6.44. The highest BCUT2D eigenvalue weighted by atomic mass is 16.1. The van der Waals surface area contributed by atoms with E-state index in [1.165, 1.54) is 11.1 Å². The number of hydrogen-bond acceptors (Lipinski definition) is 2. The molecule has 0 saturated heterocycles. The van der Waals surface area contributed by atoms with E-state index in [1.807, 2.05) is 20.0 Å². The summed E-state index contributed by atoms with van der Waals surface area (Å²) < 4.78 is 0. The lowest BCUT2D eigenvalue weighted by atomic mass is 9.84. The Labute approximate surface area is 103 Å². The number of rotatable bonds is 3. The van der Waals surface area contributed by atoms with Gasteiger partial charge in [-0.05, 0) is 31.0 Å². The van der Waals surface area contributed by atoms with Crippen molar-refractivity contribution in [3.8, 4) is 0 Å². The van der Waals surface area contributed by atoms with E-state index in [1.54, 1.807) is 0 Å². The Balaban J connectivity index is 2.25. The molecular weight excluding hydrogens is 212 g/mol. The van der Waals surface area contributed by atoms with Crippen molar-refractivity contribution < 1.29 is 4.79 Å². The van der Waals surface area contributed by atoms with Crippen molar-refractivity contribution in [2.45, 2.75) is 38.3 Å². The van der Waals surface area contributed by atoms with E-state index in [0.29, 0.717) is 12.5 Å². The van der Waals surface area contributed by atoms with E-state index < -0.39 is 0 Å². The van der Waals surface area contributed by atoms with Crippen LogP contribution in [-0.2, 0) is 4.79 Å². The summed E-state index contributed by atoms with van der Waals surface area (Å²) in [5.41, 5.74) is 2.59. The predicted molar refractivity (Wildman–Crippen MR) is 68.7 cm³/mol. The lowest BCUT2D eigenvalue weighted by molar-refractivity contribution is -0.121.